The second-order valence-corrected chi connectivity index (χ2v) is 13.3. The highest BCUT2D eigenvalue weighted by Gasteiger charge is 2.28. The third-order valence-electron chi connectivity index (χ3n) is 7.28. The highest BCUT2D eigenvalue weighted by atomic mass is 16.5. The number of rotatable bonds is 17. The Morgan fingerprint density at radius 2 is 1.32 bits per heavy atom. The molecular weight excluding hydrogens is 492 g/mol. The molecule has 0 spiro atoms. The summed E-state index contributed by atoms with van der Waals surface area (Å²) in [6.45, 7) is 23.1. The molecule has 2 aromatic rings. The summed E-state index contributed by atoms with van der Waals surface area (Å²) in [5.74, 6) is 0.915. The number of aliphatic hydroxyl groups excluding tert-OH is 1. The van der Waals surface area contributed by atoms with Gasteiger partial charge < -0.3 is 20.1 Å². The van der Waals surface area contributed by atoms with Gasteiger partial charge in [0.15, 0.2) is 0 Å². The molecule has 4 nitrogen and oxygen atoms in total. The van der Waals surface area contributed by atoms with Gasteiger partial charge in [-0.2, -0.15) is 0 Å². The minimum atomic E-state index is -0.561. The topological polar surface area (TPSA) is 44.7 Å². The van der Waals surface area contributed by atoms with Crippen LogP contribution >= 0.6 is 0 Å². The van der Waals surface area contributed by atoms with Crippen molar-refractivity contribution in [1.82, 2.24) is 10.2 Å². The maximum Gasteiger partial charge on any atom is 0.126 e. The molecule has 224 valence electrons. The predicted octanol–water partition coefficient (Wildman–Crippen LogP) is 8.07. The number of nitrogens with zero attached hydrogens (tertiary/aromatic N) is 1. The molecule has 0 saturated carbocycles. The van der Waals surface area contributed by atoms with E-state index in [0.29, 0.717) is 6.54 Å². The molecule has 0 heterocycles. The van der Waals surface area contributed by atoms with Crippen LogP contribution in [0.15, 0.2) is 42.5 Å². The third-order valence-corrected chi connectivity index (χ3v) is 7.28. The first-order valence-electron chi connectivity index (χ1n) is 15.6. The molecule has 0 radical (unpaired) electrons. The Balaban J connectivity index is 2.05. The summed E-state index contributed by atoms with van der Waals surface area (Å²) in [6, 6.07) is 14.9. The van der Waals surface area contributed by atoms with E-state index in [1.54, 1.807) is 0 Å². The Bertz CT molecular complexity index is 959. The number of ether oxygens (including phenoxy) is 1. The van der Waals surface area contributed by atoms with E-state index < -0.39 is 6.10 Å². The van der Waals surface area contributed by atoms with E-state index in [9.17, 15) is 5.11 Å². The lowest BCUT2D eigenvalue weighted by atomic mass is 9.78. The summed E-state index contributed by atoms with van der Waals surface area (Å²) in [4.78, 5) is 2.59. The number of nitrogens with one attached hydrogen (secondary N) is 1. The average Bonchev–Trinajstić information content (AvgIpc) is 2.91. The predicted molar refractivity (Wildman–Crippen MR) is 174 cm³/mol. The van der Waals surface area contributed by atoms with Crippen LogP contribution in [0.2, 0.25) is 0 Å². The Morgan fingerprint density at radius 3 is 1.85 bits per heavy atom. The quantitative estimate of drug-likeness (QED) is 0.154. The van der Waals surface area contributed by atoms with Gasteiger partial charge in [0.25, 0.3) is 0 Å². The molecule has 0 aliphatic carbocycles. The largest absolute Gasteiger partial charge is 0.490 e. The van der Waals surface area contributed by atoms with Gasteiger partial charge in [0.05, 0.1) is 0 Å². The van der Waals surface area contributed by atoms with Crippen molar-refractivity contribution in [2.45, 2.75) is 104 Å². The minimum Gasteiger partial charge on any atom is -0.490 e. The van der Waals surface area contributed by atoms with Gasteiger partial charge in [-0.05, 0) is 79.5 Å². The van der Waals surface area contributed by atoms with Crippen molar-refractivity contribution in [3.8, 4) is 5.75 Å². The Labute approximate surface area is 246 Å². The fourth-order valence-corrected chi connectivity index (χ4v) is 4.81. The molecule has 4 heteroatoms. The van der Waals surface area contributed by atoms with Crippen molar-refractivity contribution in [3.63, 3.8) is 0 Å². The first kappa shape index (κ1) is 34.1. The van der Waals surface area contributed by atoms with E-state index in [-0.39, 0.29) is 17.4 Å². The SMILES string of the molecule is CCCCN(CCCC)CCCNCC(O)COc1c(C(C)(C)C)cc(/C=C/c2ccccc2)cc1C(C)(C)C. The van der Waals surface area contributed by atoms with Crippen molar-refractivity contribution < 1.29 is 9.84 Å². The smallest absolute Gasteiger partial charge is 0.126 e. The van der Waals surface area contributed by atoms with E-state index in [0.717, 1.165) is 25.3 Å². The molecule has 2 aromatic carbocycles. The molecule has 1 atom stereocenters. The highest BCUT2D eigenvalue weighted by Crippen LogP contribution is 2.41. The number of unbranched alkanes of at least 4 members (excludes halogenated alkanes) is 2. The summed E-state index contributed by atoms with van der Waals surface area (Å²) >= 11 is 0. The van der Waals surface area contributed by atoms with Crippen LogP contribution in [0.1, 0.15) is 110 Å². The van der Waals surface area contributed by atoms with E-state index in [4.69, 9.17) is 4.74 Å². The number of aliphatic hydroxyl groups is 1. The van der Waals surface area contributed by atoms with Crippen LogP contribution in [0.25, 0.3) is 12.2 Å². The standard InChI is InChI=1S/C36H58N2O2/c1-9-11-22-38(23-12-10-2)24-16-21-37-27-31(39)28-40-34-32(35(3,4)5)25-30(26-33(34)36(6,7)8)20-19-29-17-14-13-15-18-29/h13-15,17-20,25-26,31,37,39H,9-12,16,21-24,27-28H2,1-8H3/b20-19+. The van der Waals surface area contributed by atoms with Crippen molar-refractivity contribution in [2.75, 3.05) is 39.3 Å². The van der Waals surface area contributed by atoms with Crippen LogP contribution < -0.4 is 10.1 Å². The summed E-state index contributed by atoms with van der Waals surface area (Å²) in [5.41, 5.74) is 4.49. The molecule has 0 fully saturated rings. The van der Waals surface area contributed by atoms with Crippen molar-refractivity contribution in [3.05, 3.63) is 64.7 Å². The van der Waals surface area contributed by atoms with Crippen LogP contribution in [-0.2, 0) is 10.8 Å². The van der Waals surface area contributed by atoms with Crippen molar-refractivity contribution in [2.24, 2.45) is 0 Å². The molecule has 0 aromatic heterocycles. The van der Waals surface area contributed by atoms with Crippen LogP contribution in [0.3, 0.4) is 0 Å². The lowest BCUT2D eigenvalue weighted by molar-refractivity contribution is 0.104. The zero-order valence-corrected chi connectivity index (χ0v) is 26.9. The van der Waals surface area contributed by atoms with Crippen molar-refractivity contribution in [1.29, 1.82) is 0 Å². The van der Waals surface area contributed by atoms with Gasteiger partial charge in [0.2, 0.25) is 0 Å². The second-order valence-electron chi connectivity index (χ2n) is 13.3. The van der Waals surface area contributed by atoms with Gasteiger partial charge in [-0.1, -0.05) is 111 Å². The number of hydrogen-bond donors (Lipinski definition) is 2. The normalized spacial score (nSPS) is 13.3. The first-order chi connectivity index (χ1) is 19.0. The zero-order chi connectivity index (χ0) is 29.6. The summed E-state index contributed by atoms with van der Waals surface area (Å²) in [6.07, 6.45) is 9.92. The van der Waals surface area contributed by atoms with Gasteiger partial charge in [0, 0.05) is 17.7 Å². The molecule has 0 aliphatic rings. The monoisotopic (exact) mass is 550 g/mol. The maximum atomic E-state index is 10.8. The maximum absolute atomic E-state index is 10.8. The lowest BCUT2D eigenvalue weighted by Gasteiger charge is -2.31. The van der Waals surface area contributed by atoms with Crippen LogP contribution in [0, 0.1) is 0 Å². The van der Waals surface area contributed by atoms with Gasteiger partial charge in [-0.15, -0.1) is 0 Å². The van der Waals surface area contributed by atoms with Gasteiger partial charge in [0.1, 0.15) is 18.5 Å². The minimum absolute atomic E-state index is 0.101. The zero-order valence-electron chi connectivity index (χ0n) is 26.9. The van der Waals surface area contributed by atoms with Crippen LogP contribution in [0.5, 0.6) is 5.75 Å². The molecular formula is C36H58N2O2. The van der Waals surface area contributed by atoms with Crippen LogP contribution in [0.4, 0.5) is 0 Å². The molecule has 2 rings (SSSR count). The van der Waals surface area contributed by atoms with Crippen LogP contribution in [-0.4, -0.2) is 55.4 Å². The molecule has 2 N–H and O–H groups in total. The van der Waals surface area contributed by atoms with E-state index in [1.165, 1.54) is 61.0 Å². The number of benzene rings is 2. The summed E-state index contributed by atoms with van der Waals surface area (Å²) in [7, 11) is 0. The van der Waals surface area contributed by atoms with Gasteiger partial charge in [-0.25, -0.2) is 0 Å². The fourth-order valence-electron chi connectivity index (χ4n) is 4.81. The van der Waals surface area contributed by atoms with E-state index in [1.807, 2.05) is 6.07 Å². The van der Waals surface area contributed by atoms with Crippen molar-refractivity contribution >= 4 is 12.2 Å². The molecule has 0 bridgehead atoms. The van der Waals surface area contributed by atoms with Gasteiger partial charge in [-0.3, -0.25) is 0 Å². The summed E-state index contributed by atoms with van der Waals surface area (Å²) in [5, 5.41) is 14.2. The highest BCUT2D eigenvalue weighted by molar-refractivity contribution is 5.71. The summed E-state index contributed by atoms with van der Waals surface area (Å²) < 4.78 is 6.46. The van der Waals surface area contributed by atoms with Gasteiger partial charge >= 0.3 is 0 Å². The Kier molecular flexibility index (Phi) is 14.4. The van der Waals surface area contributed by atoms with E-state index >= 15 is 0 Å². The number of hydrogen-bond acceptors (Lipinski definition) is 4. The van der Waals surface area contributed by atoms with E-state index in [2.05, 4.69) is 114 Å². The molecule has 40 heavy (non-hydrogen) atoms. The fraction of sp³-hybridized carbons (Fsp3) is 0.611. The average molecular weight is 551 g/mol. The first-order valence-corrected chi connectivity index (χ1v) is 15.6. The Hall–Kier alpha value is -2.14. The second kappa shape index (κ2) is 17.0. The third kappa shape index (κ3) is 12.2. The molecule has 0 amide bonds. The Morgan fingerprint density at radius 1 is 0.800 bits per heavy atom. The molecule has 0 aliphatic heterocycles. The molecule has 1 unspecified atom stereocenters. The lowest BCUT2D eigenvalue weighted by Crippen LogP contribution is -2.34. The molecule has 0 saturated heterocycles.